The Balaban J connectivity index is 1.95. The van der Waals surface area contributed by atoms with Gasteiger partial charge >= 0.3 is 0 Å². The highest BCUT2D eigenvalue weighted by atomic mass is 32.1. The monoisotopic (exact) mass is 366 g/mol. The third-order valence-electron chi connectivity index (χ3n) is 4.69. The van der Waals surface area contributed by atoms with Gasteiger partial charge in [0, 0.05) is 23.2 Å². The Bertz CT molecular complexity index is 878. The highest BCUT2D eigenvalue weighted by Gasteiger charge is 2.25. The molecule has 26 heavy (non-hydrogen) atoms. The first-order chi connectivity index (χ1) is 12.5. The number of aryl methyl sites for hydroxylation is 1. The normalized spacial score (nSPS) is 15.7. The lowest BCUT2D eigenvalue weighted by Crippen LogP contribution is -2.39. The Morgan fingerprint density at radius 1 is 1.38 bits per heavy atom. The smallest absolute Gasteiger partial charge is 0.268 e. The minimum atomic E-state index is -0.223. The highest BCUT2D eigenvalue weighted by Crippen LogP contribution is 2.33. The molecular formula is C21H22N2O2S. The molecule has 0 radical (unpaired) electrons. The van der Waals surface area contributed by atoms with Crippen molar-refractivity contribution in [3.05, 3.63) is 51.2 Å². The van der Waals surface area contributed by atoms with Crippen molar-refractivity contribution < 1.29 is 9.59 Å². The quantitative estimate of drug-likeness (QED) is 0.845. The average molecular weight is 366 g/mol. The highest BCUT2D eigenvalue weighted by molar-refractivity contribution is 7.14. The van der Waals surface area contributed by atoms with Crippen LogP contribution >= 0.6 is 11.3 Å². The van der Waals surface area contributed by atoms with Crippen LogP contribution in [0.4, 0.5) is 5.69 Å². The molecule has 1 atom stereocenters. The molecule has 2 amide bonds. The molecule has 3 rings (SSSR count). The molecule has 0 saturated heterocycles. The Morgan fingerprint density at radius 3 is 2.92 bits per heavy atom. The summed E-state index contributed by atoms with van der Waals surface area (Å²) in [5, 5.41) is 2.59. The fraction of sp³-hybridized carbons (Fsp3) is 0.333. The van der Waals surface area contributed by atoms with E-state index in [-0.39, 0.29) is 18.4 Å². The topological polar surface area (TPSA) is 49.4 Å². The molecule has 1 aromatic carbocycles. The number of benzene rings is 1. The fourth-order valence-electron chi connectivity index (χ4n) is 3.21. The van der Waals surface area contributed by atoms with Gasteiger partial charge in [-0.2, -0.15) is 0 Å². The van der Waals surface area contributed by atoms with Crippen molar-refractivity contribution in [1.29, 1.82) is 0 Å². The van der Waals surface area contributed by atoms with Gasteiger partial charge in [-0.1, -0.05) is 18.9 Å². The maximum atomic E-state index is 13.2. The van der Waals surface area contributed by atoms with Gasteiger partial charge in [0.15, 0.2) is 0 Å². The molecule has 1 heterocycles. The molecule has 0 spiro atoms. The van der Waals surface area contributed by atoms with Crippen LogP contribution in [0, 0.1) is 18.3 Å². The van der Waals surface area contributed by atoms with Crippen molar-refractivity contribution in [3.63, 3.8) is 0 Å². The number of carbonyl (C=O) groups excluding carboxylic acids is 2. The zero-order chi connectivity index (χ0) is 18.7. The predicted molar refractivity (Wildman–Crippen MR) is 106 cm³/mol. The van der Waals surface area contributed by atoms with Gasteiger partial charge < -0.3 is 5.32 Å². The third kappa shape index (κ3) is 3.81. The Labute approximate surface area is 158 Å². The van der Waals surface area contributed by atoms with Gasteiger partial charge in [0.1, 0.15) is 6.54 Å². The first kappa shape index (κ1) is 18.2. The number of anilines is 1. The molecule has 5 heteroatoms. The van der Waals surface area contributed by atoms with Gasteiger partial charge in [-0.25, -0.2) is 0 Å². The van der Waals surface area contributed by atoms with Crippen molar-refractivity contribution in [3.8, 4) is 12.3 Å². The first-order valence-corrected chi connectivity index (χ1v) is 9.54. The van der Waals surface area contributed by atoms with Gasteiger partial charge in [-0.15, -0.1) is 17.8 Å². The lowest BCUT2D eigenvalue weighted by molar-refractivity contribution is -0.119. The summed E-state index contributed by atoms with van der Waals surface area (Å²) >= 11 is 1.55. The number of thiophene rings is 1. The molecule has 0 aliphatic heterocycles. The van der Waals surface area contributed by atoms with Crippen LogP contribution in [0.1, 0.15) is 39.0 Å². The number of carbonyl (C=O) groups is 2. The average Bonchev–Trinajstić information content (AvgIpc) is 3.08. The van der Waals surface area contributed by atoms with Crippen LogP contribution < -0.4 is 10.2 Å². The molecule has 0 fully saturated rings. The second kappa shape index (κ2) is 7.76. The summed E-state index contributed by atoms with van der Waals surface area (Å²) in [5.41, 5.74) is 2.58. The summed E-state index contributed by atoms with van der Waals surface area (Å²) in [6.07, 6.45) is 8.68. The summed E-state index contributed by atoms with van der Waals surface area (Å²) in [4.78, 5) is 28.7. The number of hydrogen-bond donors (Lipinski definition) is 1. The van der Waals surface area contributed by atoms with Gasteiger partial charge in [0.25, 0.3) is 5.91 Å². The van der Waals surface area contributed by atoms with Crippen molar-refractivity contribution >= 4 is 28.8 Å². The Morgan fingerprint density at radius 2 is 2.19 bits per heavy atom. The SMILES string of the molecule is C#Cc1cccc(N(CC(=O)NC)C(=O)c2cc3c(s2)CC[C@@H](C)C3)c1. The standard InChI is InChI=1S/C21H22N2O2S/c1-4-15-6-5-7-17(11-15)23(13-20(24)22-3)21(25)19-12-16-10-14(2)8-9-18(16)26-19/h1,5-7,11-12,14H,8-10,13H2,2-3H3,(H,22,24)/t14-/m1/s1. The minimum Gasteiger partial charge on any atom is -0.358 e. The summed E-state index contributed by atoms with van der Waals surface area (Å²) in [6, 6.07) is 9.17. The molecule has 0 bridgehead atoms. The van der Waals surface area contributed by atoms with Crippen LogP contribution in [-0.2, 0) is 17.6 Å². The van der Waals surface area contributed by atoms with Crippen LogP contribution in [0.5, 0.6) is 0 Å². The third-order valence-corrected chi connectivity index (χ3v) is 5.92. The Kier molecular flexibility index (Phi) is 5.43. The van der Waals surface area contributed by atoms with Crippen LogP contribution in [0.25, 0.3) is 0 Å². The molecule has 1 aliphatic rings. The zero-order valence-electron chi connectivity index (χ0n) is 15.0. The number of fused-ring (bicyclic) bond motifs is 1. The Hall–Kier alpha value is -2.58. The number of amides is 2. The van der Waals surface area contributed by atoms with E-state index in [2.05, 4.69) is 18.2 Å². The summed E-state index contributed by atoms with van der Waals surface area (Å²) < 4.78 is 0. The van der Waals surface area contributed by atoms with Crippen LogP contribution in [0.2, 0.25) is 0 Å². The lowest BCUT2D eigenvalue weighted by Gasteiger charge is -2.21. The van der Waals surface area contributed by atoms with Gasteiger partial charge in [-0.3, -0.25) is 14.5 Å². The molecule has 0 saturated carbocycles. The molecule has 4 nitrogen and oxygen atoms in total. The van der Waals surface area contributed by atoms with E-state index in [0.717, 1.165) is 19.3 Å². The van der Waals surface area contributed by atoms with Crippen molar-refractivity contribution in [2.75, 3.05) is 18.5 Å². The number of terminal acetylenes is 1. The van der Waals surface area contributed by atoms with Crippen LogP contribution in [-0.4, -0.2) is 25.4 Å². The number of nitrogens with one attached hydrogen (secondary N) is 1. The van der Waals surface area contributed by atoms with E-state index in [1.807, 2.05) is 6.07 Å². The summed E-state index contributed by atoms with van der Waals surface area (Å²) in [7, 11) is 1.56. The number of hydrogen-bond acceptors (Lipinski definition) is 3. The van der Waals surface area contributed by atoms with E-state index in [0.29, 0.717) is 22.0 Å². The largest absolute Gasteiger partial charge is 0.358 e. The van der Waals surface area contributed by atoms with E-state index in [1.165, 1.54) is 15.3 Å². The van der Waals surface area contributed by atoms with E-state index in [4.69, 9.17) is 6.42 Å². The second-order valence-corrected chi connectivity index (χ2v) is 7.80. The fourth-order valence-corrected chi connectivity index (χ4v) is 4.37. The number of nitrogens with zero attached hydrogens (tertiary/aromatic N) is 1. The van der Waals surface area contributed by atoms with Gasteiger partial charge in [-0.05, 0) is 55.0 Å². The van der Waals surface area contributed by atoms with Crippen molar-refractivity contribution in [1.82, 2.24) is 5.32 Å². The maximum Gasteiger partial charge on any atom is 0.268 e. The number of rotatable bonds is 4. The van der Waals surface area contributed by atoms with E-state index in [9.17, 15) is 9.59 Å². The first-order valence-electron chi connectivity index (χ1n) is 8.72. The zero-order valence-corrected chi connectivity index (χ0v) is 15.9. The molecule has 0 unspecified atom stereocenters. The van der Waals surface area contributed by atoms with Gasteiger partial charge in [0.2, 0.25) is 5.91 Å². The second-order valence-electron chi connectivity index (χ2n) is 6.67. The lowest BCUT2D eigenvalue weighted by atomic mass is 9.90. The van der Waals surface area contributed by atoms with Gasteiger partial charge in [0.05, 0.1) is 4.88 Å². The maximum absolute atomic E-state index is 13.2. The van der Waals surface area contributed by atoms with Crippen molar-refractivity contribution in [2.24, 2.45) is 5.92 Å². The predicted octanol–water partition coefficient (Wildman–Crippen LogP) is 3.25. The van der Waals surface area contributed by atoms with Crippen LogP contribution in [0.15, 0.2) is 30.3 Å². The molecular weight excluding hydrogens is 344 g/mol. The molecule has 2 aromatic rings. The summed E-state index contributed by atoms with van der Waals surface area (Å²) in [5.74, 6) is 2.84. The molecule has 1 N–H and O–H groups in total. The van der Waals surface area contributed by atoms with Crippen LogP contribution in [0.3, 0.4) is 0 Å². The minimum absolute atomic E-state index is 0.0394. The van der Waals surface area contributed by atoms with Crippen molar-refractivity contribution in [2.45, 2.75) is 26.2 Å². The molecule has 1 aromatic heterocycles. The van der Waals surface area contributed by atoms with E-state index in [1.54, 1.807) is 42.6 Å². The number of likely N-dealkylation sites (N-methyl/N-ethyl adjacent to an activating group) is 1. The molecule has 1 aliphatic carbocycles. The summed E-state index contributed by atoms with van der Waals surface area (Å²) in [6.45, 7) is 2.20. The van der Waals surface area contributed by atoms with E-state index >= 15 is 0 Å². The molecule has 134 valence electrons. The van der Waals surface area contributed by atoms with E-state index < -0.39 is 0 Å².